The van der Waals surface area contributed by atoms with Crippen molar-refractivity contribution < 1.29 is 9.90 Å². The number of benzene rings is 1. The summed E-state index contributed by atoms with van der Waals surface area (Å²) in [5.74, 6) is 0.339. The number of nitrogens with one attached hydrogen (secondary N) is 2. The van der Waals surface area contributed by atoms with E-state index in [-0.39, 0.29) is 5.91 Å². The van der Waals surface area contributed by atoms with Crippen molar-refractivity contribution in [2.75, 3.05) is 6.54 Å². The van der Waals surface area contributed by atoms with Crippen LogP contribution in [0.25, 0.3) is 10.9 Å². The van der Waals surface area contributed by atoms with E-state index < -0.39 is 0 Å². The Balaban J connectivity index is 2.33. The molecule has 0 atom stereocenters. The number of carbonyl (C=O) groups is 1. The Kier molecular flexibility index (Phi) is 4.10. The molecule has 1 heterocycles. The number of fused-ring (bicyclic) bond motifs is 1. The molecule has 2 rings (SSSR count). The van der Waals surface area contributed by atoms with Crippen LogP contribution in [0.2, 0.25) is 0 Å². The van der Waals surface area contributed by atoms with Gasteiger partial charge in [0.2, 0.25) is 5.91 Å². The summed E-state index contributed by atoms with van der Waals surface area (Å²) in [5, 5.41) is 13.9. The van der Waals surface area contributed by atoms with Crippen LogP contribution in [-0.4, -0.2) is 22.5 Å². The molecule has 3 N–H and O–H groups in total. The second kappa shape index (κ2) is 5.78. The highest BCUT2D eigenvalue weighted by Crippen LogP contribution is 2.30. The van der Waals surface area contributed by atoms with Crippen molar-refractivity contribution in [1.29, 1.82) is 0 Å². The molecular weight excluding hydrogens is 240 g/mol. The number of phenols is 1. The zero-order valence-corrected chi connectivity index (χ0v) is 11.4. The van der Waals surface area contributed by atoms with Gasteiger partial charge < -0.3 is 15.4 Å². The van der Waals surface area contributed by atoms with E-state index in [4.69, 9.17) is 0 Å². The molecule has 0 saturated carbocycles. The zero-order valence-electron chi connectivity index (χ0n) is 11.4. The molecule has 0 bridgehead atoms. The van der Waals surface area contributed by atoms with E-state index in [1.807, 2.05) is 12.3 Å². The fourth-order valence-electron chi connectivity index (χ4n) is 2.43. The Hall–Kier alpha value is -1.97. The van der Waals surface area contributed by atoms with Gasteiger partial charge in [-0.1, -0.05) is 13.3 Å². The lowest BCUT2D eigenvalue weighted by molar-refractivity contribution is -0.118. The standard InChI is InChI=1S/C15H20N2O2/c1-3-4-12-14(19)6-5-13-15(12)11(9-17-13)7-8-16-10(2)18/h5-6,9,17,19H,3-4,7-8H2,1-2H3,(H,16,18). The van der Waals surface area contributed by atoms with E-state index >= 15 is 0 Å². The smallest absolute Gasteiger partial charge is 0.216 e. The third-order valence-electron chi connectivity index (χ3n) is 3.28. The largest absolute Gasteiger partial charge is 0.508 e. The molecule has 0 aliphatic heterocycles. The van der Waals surface area contributed by atoms with Crippen LogP contribution in [0.5, 0.6) is 5.75 Å². The molecule has 4 heteroatoms. The predicted octanol–water partition coefficient (Wildman–Crippen LogP) is 2.50. The van der Waals surface area contributed by atoms with E-state index in [1.165, 1.54) is 6.92 Å². The first-order chi connectivity index (χ1) is 9.13. The van der Waals surface area contributed by atoms with Crippen molar-refractivity contribution >= 4 is 16.8 Å². The summed E-state index contributed by atoms with van der Waals surface area (Å²) in [6.45, 7) is 4.23. The minimum atomic E-state index is -0.0172. The molecule has 0 aliphatic rings. The number of carbonyl (C=O) groups excluding carboxylic acids is 1. The third-order valence-corrected chi connectivity index (χ3v) is 3.28. The average molecular weight is 260 g/mol. The molecular formula is C15H20N2O2. The Morgan fingerprint density at radius 2 is 2.16 bits per heavy atom. The maximum Gasteiger partial charge on any atom is 0.216 e. The summed E-state index contributed by atoms with van der Waals surface area (Å²) < 4.78 is 0. The van der Waals surface area contributed by atoms with Gasteiger partial charge in [-0.25, -0.2) is 0 Å². The van der Waals surface area contributed by atoms with Crippen molar-refractivity contribution in [2.24, 2.45) is 0 Å². The number of amides is 1. The normalized spacial score (nSPS) is 10.8. The molecule has 19 heavy (non-hydrogen) atoms. The monoisotopic (exact) mass is 260 g/mol. The molecule has 1 amide bonds. The Morgan fingerprint density at radius 3 is 2.84 bits per heavy atom. The minimum absolute atomic E-state index is 0.0172. The summed E-state index contributed by atoms with van der Waals surface area (Å²) >= 11 is 0. The quantitative estimate of drug-likeness (QED) is 0.773. The highest BCUT2D eigenvalue weighted by atomic mass is 16.3. The topological polar surface area (TPSA) is 65.1 Å². The number of aromatic amines is 1. The number of hydrogen-bond donors (Lipinski definition) is 3. The summed E-state index contributed by atoms with van der Waals surface area (Å²) in [6, 6.07) is 3.63. The molecule has 1 aromatic carbocycles. The van der Waals surface area contributed by atoms with Crippen LogP contribution in [0.4, 0.5) is 0 Å². The lowest BCUT2D eigenvalue weighted by Crippen LogP contribution is -2.22. The van der Waals surface area contributed by atoms with Crippen LogP contribution in [0.15, 0.2) is 18.3 Å². The first-order valence-corrected chi connectivity index (χ1v) is 6.68. The van der Waals surface area contributed by atoms with E-state index in [9.17, 15) is 9.90 Å². The number of aromatic nitrogens is 1. The third kappa shape index (κ3) is 2.89. The SMILES string of the molecule is CCCc1c(O)ccc2[nH]cc(CCNC(C)=O)c12. The fourth-order valence-corrected chi connectivity index (χ4v) is 2.43. The Morgan fingerprint density at radius 1 is 1.37 bits per heavy atom. The molecule has 102 valence electrons. The number of H-pyrrole nitrogens is 1. The van der Waals surface area contributed by atoms with Crippen LogP contribution in [0.3, 0.4) is 0 Å². The lowest BCUT2D eigenvalue weighted by Gasteiger charge is -2.08. The number of rotatable bonds is 5. The fraction of sp³-hybridized carbons (Fsp3) is 0.400. The molecule has 0 fully saturated rings. The van der Waals surface area contributed by atoms with Gasteiger partial charge in [-0.2, -0.15) is 0 Å². The van der Waals surface area contributed by atoms with Gasteiger partial charge in [0.05, 0.1) is 0 Å². The molecule has 0 aliphatic carbocycles. The number of phenolic OH excluding ortho intramolecular Hbond substituents is 1. The highest BCUT2D eigenvalue weighted by Gasteiger charge is 2.12. The molecule has 0 radical (unpaired) electrons. The van der Waals surface area contributed by atoms with Crippen molar-refractivity contribution in [2.45, 2.75) is 33.1 Å². The molecule has 0 unspecified atom stereocenters. The van der Waals surface area contributed by atoms with Gasteiger partial charge in [-0.05, 0) is 30.5 Å². The second-order valence-corrected chi connectivity index (χ2v) is 4.78. The maximum absolute atomic E-state index is 10.9. The molecule has 4 nitrogen and oxygen atoms in total. The van der Waals surface area contributed by atoms with E-state index in [1.54, 1.807) is 6.07 Å². The minimum Gasteiger partial charge on any atom is -0.508 e. The summed E-state index contributed by atoms with van der Waals surface area (Å²) in [5.41, 5.74) is 3.18. The average Bonchev–Trinajstić information content (AvgIpc) is 2.76. The summed E-state index contributed by atoms with van der Waals surface area (Å²) in [6.07, 6.45) is 4.57. The first-order valence-electron chi connectivity index (χ1n) is 6.68. The van der Waals surface area contributed by atoms with Gasteiger partial charge in [-0.15, -0.1) is 0 Å². The second-order valence-electron chi connectivity index (χ2n) is 4.78. The van der Waals surface area contributed by atoms with Gasteiger partial charge in [0.1, 0.15) is 5.75 Å². The van der Waals surface area contributed by atoms with E-state index in [2.05, 4.69) is 17.2 Å². The molecule has 1 aromatic heterocycles. The number of aryl methyl sites for hydroxylation is 1. The van der Waals surface area contributed by atoms with Crippen LogP contribution >= 0.6 is 0 Å². The lowest BCUT2D eigenvalue weighted by atomic mass is 10.00. The number of hydrogen-bond acceptors (Lipinski definition) is 2. The van der Waals surface area contributed by atoms with Crippen molar-refractivity contribution in [3.05, 3.63) is 29.5 Å². The first kappa shape index (κ1) is 13.5. The Labute approximate surface area is 112 Å². The van der Waals surface area contributed by atoms with Crippen LogP contribution < -0.4 is 5.32 Å². The van der Waals surface area contributed by atoms with Gasteiger partial charge >= 0.3 is 0 Å². The van der Waals surface area contributed by atoms with Crippen LogP contribution in [-0.2, 0) is 17.6 Å². The van der Waals surface area contributed by atoms with Gasteiger partial charge in [0.25, 0.3) is 0 Å². The molecule has 0 spiro atoms. The number of aromatic hydroxyl groups is 1. The highest BCUT2D eigenvalue weighted by molar-refractivity contribution is 5.88. The zero-order chi connectivity index (χ0) is 13.8. The van der Waals surface area contributed by atoms with Gasteiger partial charge in [0, 0.05) is 36.1 Å². The molecule has 2 aromatic rings. The predicted molar refractivity (Wildman–Crippen MR) is 76.3 cm³/mol. The van der Waals surface area contributed by atoms with Crippen molar-refractivity contribution in [1.82, 2.24) is 10.3 Å². The summed E-state index contributed by atoms with van der Waals surface area (Å²) in [4.78, 5) is 14.1. The Bertz CT molecular complexity index is 587. The van der Waals surface area contributed by atoms with Gasteiger partial charge in [-0.3, -0.25) is 4.79 Å². The van der Waals surface area contributed by atoms with E-state index in [0.29, 0.717) is 12.3 Å². The van der Waals surface area contributed by atoms with Crippen molar-refractivity contribution in [3.8, 4) is 5.75 Å². The maximum atomic E-state index is 10.9. The van der Waals surface area contributed by atoms with E-state index in [0.717, 1.165) is 41.3 Å². The molecule has 0 saturated heterocycles. The van der Waals surface area contributed by atoms with Crippen LogP contribution in [0.1, 0.15) is 31.4 Å². The van der Waals surface area contributed by atoms with Gasteiger partial charge in [0.15, 0.2) is 0 Å². The summed E-state index contributed by atoms with van der Waals surface area (Å²) in [7, 11) is 0. The van der Waals surface area contributed by atoms with Crippen molar-refractivity contribution in [3.63, 3.8) is 0 Å². The van der Waals surface area contributed by atoms with Crippen LogP contribution in [0, 0.1) is 0 Å².